The second-order valence-corrected chi connectivity index (χ2v) is 2.74. The van der Waals surface area contributed by atoms with Gasteiger partial charge in [0.15, 0.2) is 5.75 Å². The average molecular weight is 207 g/mol. The van der Waals surface area contributed by atoms with Gasteiger partial charge in [-0.1, -0.05) is 11.8 Å². The van der Waals surface area contributed by atoms with Crippen LogP contribution < -0.4 is 0 Å². The molecule has 0 unspecified atom stereocenters. The maximum atomic E-state index is 10.4. The lowest BCUT2D eigenvalue weighted by molar-refractivity contribution is -0.385. The predicted molar refractivity (Wildman–Crippen MR) is 53.3 cm³/mol. The molecule has 0 atom stereocenters. The highest BCUT2D eigenvalue weighted by Crippen LogP contribution is 2.25. The molecule has 15 heavy (non-hydrogen) atoms. The Morgan fingerprint density at radius 1 is 1.47 bits per heavy atom. The summed E-state index contributed by atoms with van der Waals surface area (Å²) in [6, 6.07) is 3.86. The van der Waals surface area contributed by atoms with E-state index in [0.717, 1.165) is 0 Å². The molecule has 2 N–H and O–H groups in total. The summed E-state index contributed by atoms with van der Waals surface area (Å²) in [5.41, 5.74) is 0.134. The summed E-state index contributed by atoms with van der Waals surface area (Å²) in [5, 5.41) is 28.1. The zero-order valence-corrected chi connectivity index (χ0v) is 7.80. The van der Waals surface area contributed by atoms with Gasteiger partial charge in [-0.05, 0) is 6.07 Å². The molecule has 1 aromatic carbocycles. The van der Waals surface area contributed by atoms with E-state index in [1.54, 1.807) is 0 Å². The first kappa shape index (κ1) is 11.0. The molecule has 5 heteroatoms. The Kier molecular flexibility index (Phi) is 3.66. The van der Waals surface area contributed by atoms with Gasteiger partial charge < -0.3 is 10.2 Å². The molecule has 0 saturated carbocycles. The summed E-state index contributed by atoms with van der Waals surface area (Å²) in [6.45, 7) is -0.0358. The molecule has 0 aliphatic heterocycles. The minimum atomic E-state index is -0.666. The van der Waals surface area contributed by atoms with Crippen molar-refractivity contribution >= 4 is 5.69 Å². The van der Waals surface area contributed by atoms with E-state index in [9.17, 15) is 15.2 Å². The maximum Gasteiger partial charge on any atom is 0.310 e. The van der Waals surface area contributed by atoms with Gasteiger partial charge >= 0.3 is 5.69 Å². The summed E-state index contributed by atoms with van der Waals surface area (Å²) in [7, 11) is 0. The van der Waals surface area contributed by atoms with E-state index < -0.39 is 10.7 Å². The topological polar surface area (TPSA) is 83.6 Å². The highest BCUT2D eigenvalue weighted by atomic mass is 16.6. The third-order valence-electron chi connectivity index (χ3n) is 1.64. The fourth-order valence-electron chi connectivity index (χ4n) is 0.976. The lowest BCUT2D eigenvalue weighted by Crippen LogP contribution is -1.88. The van der Waals surface area contributed by atoms with Crippen LogP contribution in [0.3, 0.4) is 0 Å². The molecule has 5 nitrogen and oxygen atoms in total. The Bertz CT molecular complexity index is 431. The number of hydrogen-bond acceptors (Lipinski definition) is 4. The third kappa shape index (κ3) is 2.97. The largest absolute Gasteiger partial charge is 0.502 e. The van der Waals surface area contributed by atoms with Gasteiger partial charge in [0.2, 0.25) is 0 Å². The van der Waals surface area contributed by atoms with E-state index in [0.29, 0.717) is 12.0 Å². The van der Waals surface area contributed by atoms with Crippen molar-refractivity contribution in [3.8, 4) is 17.6 Å². The van der Waals surface area contributed by atoms with Gasteiger partial charge in [0.1, 0.15) is 0 Å². The van der Waals surface area contributed by atoms with Crippen molar-refractivity contribution in [3.63, 3.8) is 0 Å². The number of benzene rings is 1. The Labute approximate surface area is 86.1 Å². The van der Waals surface area contributed by atoms with Crippen molar-refractivity contribution in [2.45, 2.75) is 6.42 Å². The van der Waals surface area contributed by atoms with Crippen LogP contribution in [-0.4, -0.2) is 21.7 Å². The number of aliphatic hydroxyl groups is 1. The number of aliphatic hydroxyl groups excluding tert-OH is 1. The monoisotopic (exact) mass is 207 g/mol. The molecule has 0 aliphatic rings. The molecular weight excluding hydrogens is 198 g/mol. The predicted octanol–water partition coefficient (Wildman–Crippen LogP) is 1.03. The van der Waals surface area contributed by atoms with Crippen LogP contribution in [0.2, 0.25) is 0 Å². The van der Waals surface area contributed by atoms with Crippen molar-refractivity contribution < 1.29 is 15.1 Å². The maximum absolute atomic E-state index is 10.4. The molecule has 0 radical (unpaired) electrons. The molecule has 0 fully saturated rings. The number of aromatic hydroxyl groups is 1. The molecule has 0 saturated heterocycles. The Morgan fingerprint density at radius 3 is 2.73 bits per heavy atom. The first-order chi connectivity index (χ1) is 7.15. The van der Waals surface area contributed by atoms with Crippen LogP contribution in [0.1, 0.15) is 12.0 Å². The zero-order valence-electron chi connectivity index (χ0n) is 7.80. The first-order valence-corrected chi connectivity index (χ1v) is 4.22. The Balaban J connectivity index is 2.93. The van der Waals surface area contributed by atoms with Gasteiger partial charge in [-0.25, -0.2) is 0 Å². The SMILES string of the molecule is O=[N+]([O-])c1ccc(C#CCCO)cc1O. The summed E-state index contributed by atoms with van der Waals surface area (Å²) in [4.78, 5) is 9.70. The molecule has 0 amide bonds. The number of rotatable bonds is 2. The number of nitro benzene ring substituents is 1. The van der Waals surface area contributed by atoms with Gasteiger partial charge in [-0.15, -0.1) is 0 Å². The molecule has 78 valence electrons. The smallest absolute Gasteiger partial charge is 0.310 e. The standard InChI is InChI=1S/C10H9NO4/c12-6-2-1-3-8-4-5-9(11(14)15)10(13)7-8/h4-5,7,12-13H,2,6H2. The summed E-state index contributed by atoms with van der Waals surface area (Å²) < 4.78 is 0. The molecule has 1 aromatic rings. The lowest BCUT2D eigenvalue weighted by atomic mass is 10.2. The minimum absolute atomic E-state index is 0.0358. The normalized spacial score (nSPS) is 9.13. The third-order valence-corrected chi connectivity index (χ3v) is 1.64. The van der Waals surface area contributed by atoms with Gasteiger partial charge in [0, 0.05) is 24.1 Å². The molecule has 0 bridgehead atoms. The van der Waals surface area contributed by atoms with E-state index in [4.69, 9.17) is 5.11 Å². The van der Waals surface area contributed by atoms with E-state index in [2.05, 4.69) is 11.8 Å². The van der Waals surface area contributed by atoms with Crippen LogP contribution in [-0.2, 0) is 0 Å². The number of nitro groups is 1. The summed E-state index contributed by atoms with van der Waals surface area (Å²) >= 11 is 0. The number of phenols is 1. The molecule has 0 aliphatic carbocycles. The second kappa shape index (κ2) is 4.98. The highest BCUT2D eigenvalue weighted by Gasteiger charge is 2.11. The highest BCUT2D eigenvalue weighted by molar-refractivity contribution is 5.51. The van der Waals surface area contributed by atoms with Gasteiger partial charge in [0.25, 0.3) is 0 Å². The Morgan fingerprint density at radius 2 is 2.20 bits per heavy atom. The number of phenolic OH excluding ortho intramolecular Hbond substituents is 1. The molecule has 0 heterocycles. The van der Waals surface area contributed by atoms with Crippen LogP contribution in [0.5, 0.6) is 5.75 Å². The average Bonchev–Trinajstić information content (AvgIpc) is 2.17. The summed E-state index contributed by atoms with van der Waals surface area (Å²) in [5.74, 6) is 4.90. The van der Waals surface area contributed by atoms with E-state index in [1.165, 1.54) is 18.2 Å². The fraction of sp³-hybridized carbons (Fsp3) is 0.200. The molecule has 0 spiro atoms. The van der Waals surface area contributed by atoms with Crippen LogP contribution >= 0.6 is 0 Å². The Hall–Kier alpha value is -2.06. The fourth-order valence-corrected chi connectivity index (χ4v) is 0.976. The van der Waals surface area contributed by atoms with Crippen LogP contribution in [0.15, 0.2) is 18.2 Å². The van der Waals surface area contributed by atoms with Crippen molar-refractivity contribution in [1.82, 2.24) is 0 Å². The van der Waals surface area contributed by atoms with Gasteiger partial charge in [-0.2, -0.15) is 0 Å². The number of hydrogen-bond donors (Lipinski definition) is 2. The van der Waals surface area contributed by atoms with E-state index in [-0.39, 0.29) is 12.3 Å². The molecular formula is C10H9NO4. The van der Waals surface area contributed by atoms with Crippen LogP contribution in [0, 0.1) is 22.0 Å². The minimum Gasteiger partial charge on any atom is -0.502 e. The van der Waals surface area contributed by atoms with Crippen LogP contribution in [0.4, 0.5) is 5.69 Å². The van der Waals surface area contributed by atoms with Gasteiger partial charge in [-0.3, -0.25) is 10.1 Å². The van der Waals surface area contributed by atoms with Crippen molar-refractivity contribution in [1.29, 1.82) is 0 Å². The van der Waals surface area contributed by atoms with Crippen molar-refractivity contribution in [2.75, 3.05) is 6.61 Å². The molecule has 0 aromatic heterocycles. The summed E-state index contributed by atoms with van der Waals surface area (Å²) in [6.07, 6.45) is 0.331. The van der Waals surface area contributed by atoms with E-state index >= 15 is 0 Å². The zero-order chi connectivity index (χ0) is 11.3. The molecule has 1 rings (SSSR count). The second-order valence-electron chi connectivity index (χ2n) is 2.74. The van der Waals surface area contributed by atoms with Crippen LogP contribution in [0.25, 0.3) is 0 Å². The number of nitrogens with zero attached hydrogens (tertiary/aromatic N) is 1. The van der Waals surface area contributed by atoms with E-state index in [1.807, 2.05) is 0 Å². The van der Waals surface area contributed by atoms with Gasteiger partial charge in [0.05, 0.1) is 11.5 Å². The van der Waals surface area contributed by atoms with Crippen molar-refractivity contribution in [3.05, 3.63) is 33.9 Å². The van der Waals surface area contributed by atoms with Crippen molar-refractivity contribution in [2.24, 2.45) is 0 Å². The lowest BCUT2D eigenvalue weighted by Gasteiger charge is -1.95. The first-order valence-electron chi connectivity index (χ1n) is 4.22. The quantitative estimate of drug-likeness (QED) is 0.431.